The first kappa shape index (κ1) is 21.8. The highest BCUT2D eigenvalue weighted by atomic mass is 32.2. The molecule has 0 aliphatic heterocycles. The summed E-state index contributed by atoms with van der Waals surface area (Å²) in [6.07, 6.45) is 6.46. The average molecular weight is 413 g/mol. The van der Waals surface area contributed by atoms with Crippen molar-refractivity contribution in [3.05, 3.63) is 71.3 Å². The van der Waals surface area contributed by atoms with Crippen LogP contribution < -0.4 is 0 Å². The van der Waals surface area contributed by atoms with E-state index < -0.39 is 9.84 Å². The number of carbonyl (C=O) groups is 1. The molecule has 0 unspecified atom stereocenters. The van der Waals surface area contributed by atoms with Gasteiger partial charge >= 0.3 is 0 Å². The van der Waals surface area contributed by atoms with E-state index >= 15 is 0 Å². The number of aryl methyl sites for hydroxylation is 1. The second kappa shape index (κ2) is 9.71. The summed E-state index contributed by atoms with van der Waals surface area (Å²) in [4.78, 5) is 12.5. The lowest BCUT2D eigenvalue weighted by Crippen LogP contribution is -2.26. The van der Waals surface area contributed by atoms with Crippen molar-refractivity contribution < 1.29 is 13.2 Å². The predicted octanol–water partition coefficient (Wildman–Crippen LogP) is 5.48. The zero-order chi connectivity index (χ0) is 20.9. The largest absolute Gasteiger partial charge is 0.289 e. The highest BCUT2D eigenvalue weighted by Crippen LogP contribution is 2.33. The zero-order valence-electron chi connectivity index (χ0n) is 17.5. The molecule has 0 aromatic heterocycles. The Bertz CT molecular complexity index is 891. The average Bonchev–Trinajstić information content (AvgIpc) is 2.73. The van der Waals surface area contributed by atoms with Gasteiger partial charge in [0.1, 0.15) is 0 Å². The van der Waals surface area contributed by atoms with E-state index in [4.69, 9.17) is 0 Å². The number of rotatable bonds is 8. The predicted molar refractivity (Wildman–Crippen MR) is 119 cm³/mol. The van der Waals surface area contributed by atoms with E-state index in [0.717, 1.165) is 49.7 Å². The second-order valence-electron chi connectivity index (χ2n) is 8.70. The fourth-order valence-corrected chi connectivity index (χ4v) is 5.53. The van der Waals surface area contributed by atoms with Crippen LogP contribution in [0, 0.1) is 11.8 Å². The number of hydrogen-bond acceptors (Lipinski definition) is 3. The van der Waals surface area contributed by atoms with Crippen LogP contribution in [0.15, 0.2) is 54.6 Å². The molecule has 1 saturated carbocycles. The first-order valence-electron chi connectivity index (χ1n) is 10.8. The smallest absolute Gasteiger partial charge is 0.193 e. The van der Waals surface area contributed by atoms with Crippen molar-refractivity contribution in [3.63, 3.8) is 0 Å². The number of benzene rings is 2. The molecule has 4 heteroatoms. The maximum atomic E-state index is 12.5. The minimum atomic E-state index is -2.93. The molecule has 0 saturated heterocycles. The second-order valence-corrected chi connectivity index (χ2v) is 11.3. The van der Waals surface area contributed by atoms with Crippen molar-refractivity contribution >= 4 is 15.6 Å². The Labute approximate surface area is 175 Å². The van der Waals surface area contributed by atoms with Crippen LogP contribution in [0.4, 0.5) is 0 Å². The molecular formula is C25H32O3S. The van der Waals surface area contributed by atoms with Gasteiger partial charge in [-0.25, -0.2) is 8.42 Å². The third kappa shape index (κ3) is 6.02. The minimum absolute atomic E-state index is 0.0619. The van der Waals surface area contributed by atoms with Crippen molar-refractivity contribution in [2.45, 2.75) is 57.6 Å². The lowest BCUT2D eigenvalue weighted by molar-refractivity contribution is 0.103. The zero-order valence-corrected chi connectivity index (χ0v) is 18.3. The van der Waals surface area contributed by atoms with Gasteiger partial charge in [0.25, 0.3) is 0 Å². The first-order chi connectivity index (χ1) is 13.8. The molecule has 29 heavy (non-hydrogen) atoms. The van der Waals surface area contributed by atoms with Gasteiger partial charge in [-0.05, 0) is 56.9 Å². The highest BCUT2D eigenvalue weighted by molar-refractivity contribution is 7.91. The SMILES string of the molecule is CC(C)S(=O)(=O)CC1CCC(CCc2ccc(C(=O)c3ccccc3)cc2)CC1. The van der Waals surface area contributed by atoms with E-state index in [0.29, 0.717) is 17.6 Å². The van der Waals surface area contributed by atoms with Gasteiger partial charge in [-0.15, -0.1) is 0 Å². The van der Waals surface area contributed by atoms with Crippen LogP contribution in [0.1, 0.15) is 67.4 Å². The molecule has 156 valence electrons. The molecule has 0 atom stereocenters. The van der Waals surface area contributed by atoms with Gasteiger partial charge in [-0.1, -0.05) is 67.4 Å². The fraction of sp³-hybridized carbons (Fsp3) is 0.480. The Morgan fingerprint density at radius 3 is 2.00 bits per heavy atom. The van der Waals surface area contributed by atoms with Crippen LogP contribution in [0.2, 0.25) is 0 Å². The van der Waals surface area contributed by atoms with Crippen molar-refractivity contribution in [3.8, 4) is 0 Å². The first-order valence-corrected chi connectivity index (χ1v) is 12.5. The number of sulfone groups is 1. The van der Waals surface area contributed by atoms with E-state index in [1.165, 1.54) is 5.56 Å². The summed E-state index contributed by atoms with van der Waals surface area (Å²) in [5.74, 6) is 1.43. The van der Waals surface area contributed by atoms with E-state index in [-0.39, 0.29) is 11.0 Å². The summed E-state index contributed by atoms with van der Waals surface area (Å²) >= 11 is 0. The maximum Gasteiger partial charge on any atom is 0.193 e. The molecule has 0 bridgehead atoms. The van der Waals surface area contributed by atoms with Gasteiger partial charge in [0.05, 0.1) is 11.0 Å². The van der Waals surface area contributed by atoms with Crippen LogP contribution in [0.5, 0.6) is 0 Å². The molecule has 3 nitrogen and oxygen atoms in total. The Morgan fingerprint density at radius 1 is 0.862 bits per heavy atom. The molecule has 2 aromatic rings. The Hall–Kier alpha value is -1.94. The van der Waals surface area contributed by atoms with E-state index in [1.54, 1.807) is 13.8 Å². The Balaban J connectivity index is 1.46. The quantitative estimate of drug-likeness (QED) is 0.540. The standard InChI is InChI=1S/C25H32O3S/c1-19(2)29(27,28)18-22-12-10-20(11-13-22)8-9-21-14-16-24(17-15-21)25(26)23-6-4-3-5-7-23/h3-7,14-17,19-20,22H,8-13,18H2,1-2H3. The van der Waals surface area contributed by atoms with Gasteiger partial charge in [0, 0.05) is 11.1 Å². The van der Waals surface area contributed by atoms with Crippen molar-refractivity contribution in [2.24, 2.45) is 11.8 Å². The van der Waals surface area contributed by atoms with Gasteiger partial charge in [-0.2, -0.15) is 0 Å². The number of hydrogen-bond donors (Lipinski definition) is 0. The third-order valence-electron chi connectivity index (χ3n) is 6.25. The summed E-state index contributed by atoms with van der Waals surface area (Å²) in [5.41, 5.74) is 2.71. The van der Waals surface area contributed by atoms with Gasteiger partial charge in [0.15, 0.2) is 15.6 Å². The highest BCUT2D eigenvalue weighted by Gasteiger charge is 2.27. The maximum absolute atomic E-state index is 12.5. The molecule has 1 aliphatic rings. The third-order valence-corrected chi connectivity index (χ3v) is 8.62. The molecule has 0 N–H and O–H groups in total. The molecule has 1 aliphatic carbocycles. The molecule has 2 aromatic carbocycles. The number of ketones is 1. The molecule has 0 radical (unpaired) electrons. The molecule has 0 amide bonds. The summed E-state index contributed by atoms with van der Waals surface area (Å²) in [5, 5.41) is -0.267. The van der Waals surface area contributed by atoms with Crippen LogP contribution in [0.25, 0.3) is 0 Å². The van der Waals surface area contributed by atoms with Gasteiger partial charge < -0.3 is 0 Å². The Morgan fingerprint density at radius 2 is 1.41 bits per heavy atom. The van der Waals surface area contributed by atoms with E-state index in [9.17, 15) is 13.2 Å². The summed E-state index contributed by atoms with van der Waals surface area (Å²) < 4.78 is 24.3. The van der Waals surface area contributed by atoms with Gasteiger partial charge in [-0.3, -0.25) is 4.79 Å². The number of carbonyl (C=O) groups excluding carboxylic acids is 1. The summed E-state index contributed by atoms with van der Waals surface area (Å²) in [7, 11) is -2.93. The fourth-order valence-electron chi connectivity index (χ4n) is 4.16. The van der Waals surface area contributed by atoms with E-state index in [2.05, 4.69) is 12.1 Å². The van der Waals surface area contributed by atoms with E-state index in [1.807, 2.05) is 42.5 Å². The molecule has 0 spiro atoms. The summed E-state index contributed by atoms with van der Waals surface area (Å²) in [6.45, 7) is 3.55. The lowest BCUT2D eigenvalue weighted by atomic mass is 9.80. The molecule has 1 fully saturated rings. The van der Waals surface area contributed by atoms with Gasteiger partial charge in [0.2, 0.25) is 0 Å². The van der Waals surface area contributed by atoms with Crippen molar-refractivity contribution in [2.75, 3.05) is 5.75 Å². The van der Waals surface area contributed by atoms with Crippen LogP contribution in [-0.2, 0) is 16.3 Å². The monoisotopic (exact) mass is 412 g/mol. The minimum Gasteiger partial charge on any atom is -0.289 e. The lowest BCUT2D eigenvalue weighted by Gasteiger charge is -2.28. The molecule has 0 heterocycles. The normalized spacial score (nSPS) is 20.0. The molecular weight excluding hydrogens is 380 g/mol. The molecule has 3 rings (SSSR count). The van der Waals surface area contributed by atoms with Crippen LogP contribution in [-0.4, -0.2) is 25.2 Å². The van der Waals surface area contributed by atoms with Crippen LogP contribution >= 0.6 is 0 Å². The van der Waals surface area contributed by atoms with Crippen molar-refractivity contribution in [1.29, 1.82) is 0 Å². The van der Waals surface area contributed by atoms with Crippen LogP contribution in [0.3, 0.4) is 0 Å². The summed E-state index contributed by atoms with van der Waals surface area (Å²) in [6, 6.07) is 17.4. The topological polar surface area (TPSA) is 51.2 Å². The van der Waals surface area contributed by atoms with Crippen molar-refractivity contribution in [1.82, 2.24) is 0 Å². The Kier molecular flexibility index (Phi) is 7.28.